The van der Waals surface area contributed by atoms with Gasteiger partial charge >= 0.3 is 0 Å². The van der Waals surface area contributed by atoms with Gasteiger partial charge in [0.2, 0.25) is 5.88 Å². The molecule has 0 amide bonds. The third kappa shape index (κ3) is 1.71. The summed E-state index contributed by atoms with van der Waals surface area (Å²) in [6.07, 6.45) is 3.98. The average molecular weight is 164 g/mol. The number of aliphatic hydroxyl groups is 1. The quantitative estimate of drug-likeness (QED) is 0.632. The minimum absolute atomic E-state index is 0.346. The Labute approximate surface area is 70.2 Å². The van der Waals surface area contributed by atoms with Crippen molar-refractivity contribution < 1.29 is 9.84 Å². The molecule has 0 spiro atoms. The van der Waals surface area contributed by atoms with Gasteiger partial charge in [-0.3, -0.25) is 0 Å². The van der Waals surface area contributed by atoms with Crippen LogP contribution in [0.15, 0.2) is 12.1 Å². The summed E-state index contributed by atoms with van der Waals surface area (Å²) in [5.74, 6) is 2.52. The fourth-order valence-corrected chi connectivity index (χ4v) is 0.670. The molecule has 0 radical (unpaired) electrons. The number of hydrogen-bond acceptors (Lipinski definition) is 4. The maximum atomic E-state index is 9.11. The van der Waals surface area contributed by atoms with Gasteiger partial charge in [0.05, 0.1) is 7.11 Å². The second-order valence-electron chi connectivity index (χ2n) is 2.07. The Balaban J connectivity index is 2.86. The summed E-state index contributed by atoms with van der Waals surface area (Å²) in [5, 5.41) is 16.4. The zero-order chi connectivity index (χ0) is 8.97. The third-order valence-corrected chi connectivity index (χ3v) is 1.31. The van der Waals surface area contributed by atoms with E-state index in [1.54, 1.807) is 12.1 Å². The Morgan fingerprint density at radius 1 is 1.58 bits per heavy atom. The Morgan fingerprint density at radius 2 is 2.33 bits per heavy atom. The van der Waals surface area contributed by atoms with E-state index in [1.165, 1.54) is 7.11 Å². The maximum Gasteiger partial charge on any atom is 0.233 e. The second-order valence-corrected chi connectivity index (χ2v) is 2.07. The molecular weight excluding hydrogens is 156 g/mol. The Morgan fingerprint density at radius 3 is 2.75 bits per heavy atom. The van der Waals surface area contributed by atoms with E-state index in [-0.39, 0.29) is 0 Å². The van der Waals surface area contributed by atoms with Crippen LogP contribution in [0.2, 0.25) is 0 Å². The lowest BCUT2D eigenvalue weighted by molar-refractivity contribution is 0.231. The topological polar surface area (TPSA) is 55.2 Å². The highest BCUT2D eigenvalue weighted by molar-refractivity contribution is 5.17. The molecule has 1 aromatic rings. The fourth-order valence-electron chi connectivity index (χ4n) is 0.670. The van der Waals surface area contributed by atoms with E-state index < -0.39 is 6.10 Å². The van der Waals surface area contributed by atoms with Crippen molar-refractivity contribution >= 4 is 0 Å². The van der Waals surface area contributed by atoms with Gasteiger partial charge in [0, 0.05) is 6.07 Å². The van der Waals surface area contributed by atoms with Gasteiger partial charge < -0.3 is 9.84 Å². The van der Waals surface area contributed by atoms with Gasteiger partial charge in [0.15, 0.2) is 6.10 Å². The van der Waals surface area contributed by atoms with E-state index in [0.717, 1.165) is 0 Å². The van der Waals surface area contributed by atoms with Crippen molar-refractivity contribution in [3.8, 4) is 18.2 Å². The molecule has 0 aliphatic rings. The summed E-state index contributed by atoms with van der Waals surface area (Å²) in [4.78, 5) is 0. The number of nitrogens with zero attached hydrogens (tertiary/aromatic N) is 2. The summed E-state index contributed by atoms with van der Waals surface area (Å²) in [6, 6.07) is 3.15. The van der Waals surface area contributed by atoms with E-state index in [4.69, 9.17) is 16.3 Å². The molecule has 0 aromatic carbocycles. The van der Waals surface area contributed by atoms with Crippen molar-refractivity contribution in [1.82, 2.24) is 10.2 Å². The molecule has 12 heavy (non-hydrogen) atoms. The van der Waals surface area contributed by atoms with Crippen LogP contribution in [0.5, 0.6) is 5.88 Å². The fraction of sp³-hybridized carbons (Fsp3) is 0.250. The number of rotatable bonds is 2. The molecule has 1 aromatic heterocycles. The van der Waals surface area contributed by atoms with Gasteiger partial charge in [-0.2, -0.15) is 0 Å². The van der Waals surface area contributed by atoms with Crippen molar-refractivity contribution in [3.05, 3.63) is 17.8 Å². The molecule has 1 rings (SSSR count). The van der Waals surface area contributed by atoms with Gasteiger partial charge in [0.25, 0.3) is 0 Å². The van der Waals surface area contributed by atoms with Crippen LogP contribution in [0.3, 0.4) is 0 Å². The highest BCUT2D eigenvalue weighted by Gasteiger charge is 2.05. The molecule has 1 unspecified atom stereocenters. The lowest BCUT2D eigenvalue weighted by Crippen LogP contribution is -1.99. The Hall–Kier alpha value is -1.60. The van der Waals surface area contributed by atoms with Crippen molar-refractivity contribution in [1.29, 1.82) is 0 Å². The zero-order valence-corrected chi connectivity index (χ0v) is 6.56. The van der Waals surface area contributed by atoms with Gasteiger partial charge in [-0.15, -0.1) is 16.6 Å². The molecular formula is C8H8N2O2. The van der Waals surface area contributed by atoms with E-state index in [1.807, 2.05) is 0 Å². The van der Waals surface area contributed by atoms with Crippen molar-refractivity contribution in [2.75, 3.05) is 7.11 Å². The minimum Gasteiger partial charge on any atom is -0.480 e. The number of ether oxygens (including phenoxy) is 1. The first kappa shape index (κ1) is 8.50. The normalized spacial score (nSPS) is 11.8. The lowest BCUT2D eigenvalue weighted by Gasteiger charge is -2.01. The Kier molecular flexibility index (Phi) is 2.62. The standard InChI is InChI=1S/C8H8N2O2/c1-3-7(11)6-4-5-8(12-2)10-9-6/h1,4-5,7,11H,2H3. The molecule has 0 aliphatic heterocycles. The summed E-state index contributed by atoms with van der Waals surface area (Å²) in [7, 11) is 1.49. The maximum absolute atomic E-state index is 9.11. The number of aromatic nitrogens is 2. The molecule has 0 bridgehead atoms. The first-order chi connectivity index (χ1) is 5.77. The number of aliphatic hydroxyl groups excluding tert-OH is 1. The summed E-state index contributed by atoms with van der Waals surface area (Å²) in [5.41, 5.74) is 0.346. The summed E-state index contributed by atoms with van der Waals surface area (Å²) in [6.45, 7) is 0. The van der Waals surface area contributed by atoms with Crippen LogP contribution in [0, 0.1) is 12.3 Å². The van der Waals surface area contributed by atoms with Crippen LogP contribution in [-0.4, -0.2) is 22.4 Å². The lowest BCUT2D eigenvalue weighted by atomic mass is 10.2. The van der Waals surface area contributed by atoms with E-state index in [2.05, 4.69) is 16.1 Å². The van der Waals surface area contributed by atoms with Crippen LogP contribution in [0.1, 0.15) is 11.8 Å². The molecule has 62 valence electrons. The first-order valence-corrected chi connectivity index (χ1v) is 3.29. The van der Waals surface area contributed by atoms with Crippen LogP contribution in [0.4, 0.5) is 0 Å². The van der Waals surface area contributed by atoms with E-state index in [0.29, 0.717) is 11.6 Å². The van der Waals surface area contributed by atoms with E-state index in [9.17, 15) is 0 Å². The van der Waals surface area contributed by atoms with Crippen LogP contribution in [-0.2, 0) is 0 Å². The monoisotopic (exact) mass is 164 g/mol. The van der Waals surface area contributed by atoms with Gasteiger partial charge in [-0.25, -0.2) is 0 Å². The van der Waals surface area contributed by atoms with E-state index >= 15 is 0 Å². The molecule has 0 fully saturated rings. The molecule has 4 nitrogen and oxygen atoms in total. The van der Waals surface area contributed by atoms with Crippen LogP contribution < -0.4 is 4.74 Å². The zero-order valence-electron chi connectivity index (χ0n) is 6.56. The molecule has 0 saturated heterocycles. The van der Waals surface area contributed by atoms with Crippen molar-refractivity contribution in [2.24, 2.45) is 0 Å². The average Bonchev–Trinajstić information content (AvgIpc) is 2.17. The third-order valence-electron chi connectivity index (χ3n) is 1.31. The van der Waals surface area contributed by atoms with Gasteiger partial charge in [-0.05, 0) is 6.07 Å². The van der Waals surface area contributed by atoms with Crippen molar-refractivity contribution in [3.63, 3.8) is 0 Å². The molecule has 1 heterocycles. The predicted molar refractivity (Wildman–Crippen MR) is 42.4 cm³/mol. The van der Waals surface area contributed by atoms with Gasteiger partial charge in [-0.1, -0.05) is 5.92 Å². The van der Waals surface area contributed by atoms with Crippen LogP contribution in [0.25, 0.3) is 0 Å². The minimum atomic E-state index is -0.997. The smallest absolute Gasteiger partial charge is 0.233 e. The SMILES string of the molecule is C#CC(O)c1ccc(OC)nn1. The van der Waals surface area contributed by atoms with Crippen molar-refractivity contribution in [2.45, 2.75) is 6.10 Å². The number of hydrogen-bond donors (Lipinski definition) is 1. The molecule has 1 atom stereocenters. The second kappa shape index (κ2) is 3.69. The Bertz CT molecular complexity index is 289. The molecule has 1 N–H and O–H groups in total. The highest BCUT2D eigenvalue weighted by atomic mass is 16.5. The van der Waals surface area contributed by atoms with Crippen LogP contribution >= 0.6 is 0 Å². The summed E-state index contributed by atoms with van der Waals surface area (Å²) < 4.78 is 4.78. The molecule has 0 aliphatic carbocycles. The largest absolute Gasteiger partial charge is 0.480 e. The molecule has 4 heteroatoms. The summed E-state index contributed by atoms with van der Waals surface area (Å²) >= 11 is 0. The predicted octanol–water partition coefficient (Wildman–Crippen LogP) is 0.152. The molecule has 0 saturated carbocycles. The van der Waals surface area contributed by atoms with Gasteiger partial charge in [0.1, 0.15) is 5.69 Å². The number of methoxy groups -OCH3 is 1. The first-order valence-electron chi connectivity index (χ1n) is 3.29. The highest BCUT2D eigenvalue weighted by Crippen LogP contribution is 2.09. The number of terminal acetylenes is 1.